The summed E-state index contributed by atoms with van der Waals surface area (Å²) in [6.07, 6.45) is 9.28. The standard InChI is InChI=1S/C27H29.C10H15.C7H6.2ClH.Zr/c1-16-7-9-26(3,4)24-12-18-11-19-13-25-21(17(2)8-10-27(25,5)6)15-23(19)22(18)14-20(16)24;1-8-5-6-9(7-8)10(2,3)4;1-7-5-3-2-4-6-7;;;/h7-9,12-15H,10-11H2,1-6H3;5-7H,1-4H3;1-6H;2*1H;/q2*-1;;;;+2/p-2. The van der Waals surface area contributed by atoms with Crippen LogP contribution in [0, 0.1) is 13.3 Å². The topological polar surface area (TPSA) is 0 Å². The second-order valence-corrected chi connectivity index (χ2v) is 16.2. The molecule has 246 valence electrons. The molecule has 0 aliphatic heterocycles. The number of aryl methyl sites for hydroxylation is 1. The van der Waals surface area contributed by atoms with E-state index in [2.05, 4.69) is 158 Å². The van der Waals surface area contributed by atoms with Crippen LogP contribution in [0.4, 0.5) is 0 Å². The summed E-state index contributed by atoms with van der Waals surface area (Å²) in [5.74, 6) is 0. The molecule has 0 saturated carbocycles. The van der Waals surface area contributed by atoms with Crippen LogP contribution in [0.3, 0.4) is 0 Å². The average molecular weight is 741 g/mol. The van der Waals surface area contributed by atoms with Gasteiger partial charge >= 0.3 is 63.8 Å². The summed E-state index contributed by atoms with van der Waals surface area (Å²) in [5.41, 5.74) is 19.4. The molecular formula is C44H50Cl2Zr-2. The van der Waals surface area contributed by atoms with E-state index in [-0.39, 0.29) is 35.6 Å². The Hall–Kier alpha value is -2.31. The van der Waals surface area contributed by atoms with E-state index in [0.717, 1.165) is 12.8 Å². The van der Waals surface area contributed by atoms with Gasteiger partial charge in [0.15, 0.2) is 0 Å². The summed E-state index contributed by atoms with van der Waals surface area (Å²) in [6.45, 7) is 22.8. The molecule has 0 aromatic heterocycles. The molecule has 0 spiro atoms. The van der Waals surface area contributed by atoms with Gasteiger partial charge in [-0.05, 0) is 70.2 Å². The van der Waals surface area contributed by atoms with Gasteiger partial charge in [0.05, 0.1) is 0 Å². The molecule has 0 bridgehead atoms. The van der Waals surface area contributed by atoms with E-state index < -0.39 is 0 Å². The molecule has 0 N–H and O–H groups in total. The number of hydrogen-bond acceptors (Lipinski definition) is 0. The van der Waals surface area contributed by atoms with Gasteiger partial charge in [-0.2, -0.15) is 28.8 Å². The van der Waals surface area contributed by atoms with Gasteiger partial charge in [-0.15, -0.1) is 12.5 Å². The van der Waals surface area contributed by atoms with E-state index in [4.69, 9.17) is 0 Å². The summed E-state index contributed by atoms with van der Waals surface area (Å²) in [7, 11) is 0. The molecular weight excluding hydrogens is 691 g/mol. The second kappa shape index (κ2) is 15.1. The van der Waals surface area contributed by atoms with Crippen molar-refractivity contribution in [1.29, 1.82) is 0 Å². The third-order valence-electron chi connectivity index (χ3n) is 9.84. The van der Waals surface area contributed by atoms with Gasteiger partial charge < -0.3 is 24.8 Å². The third-order valence-corrected chi connectivity index (χ3v) is 10.7. The zero-order chi connectivity index (χ0) is 32.7. The van der Waals surface area contributed by atoms with Crippen molar-refractivity contribution in [2.24, 2.45) is 0 Å². The number of fused-ring (bicyclic) bond motifs is 5. The first-order valence-electron chi connectivity index (χ1n) is 16.5. The van der Waals surface area contributed by atoms with Gasteiger partial charge in [0, 0.05) is 0 Å². The molecule has 0 nitrogen and oxygen atoms in total. The molecule has 0 unspecified atom stereocenters. The van der Waals surface area contributed by atoms with Crippen molar-refractivity contribution in [3.05, 3.63) is 141 Å². The molecule has 0 radical (unpaired) electrons. The van der Waals surface area contributed by atoms with Gasteiger partial charge in [-0.3, -0.25) is 0 Å². The van der Waals surface area contributed by atoms with Crippen molar-refractivity contribution in [3.8, 4) is 11.1 Å². The van der Waals surface area contributed by atoms with E-state index in [1.54, 1.807) is 0 Å². The first-order valence-corrected chi connectivity index (χ1v) is 17.9. The first kappa shape index (κ1) is 39.1. The van der Waals surface area contributed by atoms with Crippen LogP contribution in [-0.4, -0.2) is 3.71 Å². The van der Waals surface area contributed by atoms with Crippen LogP contribution >= 0.6 is 0 Å². The SMILES string of the molecule is CC1=C[CH-]C(C)(C)c2cc3c(cc21)-c1cc2c(cc1C3)C(C)(C)CC=C2C.Cc1cc(C(C)(C)C)c[cH-]1.[Cl-].[Cl-].[Zr+2]=[CH]c1ccccc1. The summed E-state index contributed by atoms with van der Waals surface area (Å²) in [6, 6.07) is 26.9. The fourth-order valence-corrected chi connectivity index (χ4v) is 7.23. The van der Waals surface area contributed by atoms with Crippen molar-refractivity contribution in [2.45, 2.75) is 98.3 Å². The summed E-state index contributed by atoms with van der Waals surface area (Å²) in [4.78, 5) is 0. The Bertz CT molecular complexity index is 1700. The van der Waals surface area contributed by atoms with E-state index in [9.17, 15) is 0 Å². The molecule has 4 aromatic rings. The van der Waals surface area contributed by atoms with Crippen LogP contribution in [0.15, 0.2) is 84.9 Å². The van der Waals surface area contributed by atoms with Crippen LogP contribution in [0.25, 0.3) is 22.3 Å². The second-order valence-electron chi connectivity index (χ2n) is 15.5. The molecule has 3 heteroatoms. The zero-order valence-corrected chi connectivity index (χ0v) is 33.9. The third kappa shape index (κ3) is 8.47. The Kier molecular flexibility index (Phi) is 12.5. The molecule has 0 atom stereocenters. The van der Waals surface area contributed by atoms with Gasteiger partial charge in [0.1, 0.15) is 0 Å². The van der Waals surface area contributed by atoms with Crippen molar-refractivity contribution >= 4 is 14.9 Å². The molecule has 4 aromatic carbocycles. The van der Waals surface area contributed by atoms with E-state index >= 15 is 0 Å². The van der Waals surface area contributed by atoms with E-state index in [1.165, 1.54) is 96.6 Å². The van der Waals surface area contributed by atoms with Crippen molar-refractivity contribution in [2.75, 3.05) is 0 Å². The minimum absolute atomic E-state index is 0. The molecule has 0 amide bonds. The Morgan fingerprint density at radius 3 is 1.81 bits per heavy atom. The molecule has 0 heterocycles. The van der Waals surface area contributed by atoms with E-state index in [0.29, 0.717) is 5.41 Å². The fraction of sp³-hybridized carbons (Fsp3) is 0.341. The summed E-state index contributed by atoms with van der Waals surface area (Å²) < 4.78 is 2.17. The monoisotopic (exact) mass is 738 g/mol. The van der Waals surface area contributed by atoms with Gasteiger partial charge in [-0.25, -0.2) is 18.6 Å². The molecule has 0 saturated heterocycles. The van der Waals surface area contributed by atoms with Crippen LogP contribution < -0.4 is 24.8 Å². The normalized spacial score (nSPS) is 15.8. The predicted molar refractivity (Wildman–Crippen MR) is 194 cm³/mol. The summed E-state index contributed by atoms with van der Waals surface area (Å²) >= 11 is 1.46. The van der Waals surface area contributed by atoms with E-state index in [1.807, 2.05) is 6.07 Å². The predicted octanol–water partition coefficient (Wildman–Crippen LogP) is 5.64. The first-order chi connectivity index (χ1) is 21.1. The Morgan fingerprint density at radius 1 is 0.745 bits per heavy atom. The average Bonchev–Trinajstić information content (AvgIpc) is 3.60. The maximum absolute atomic E-state index is 2.51. The molecule has 47 heavy (non-hydrogen) atoms. The van der Waals surface area contributed by atoms with Crippen LogP contribution in [0.1, 0.15) is 119 Å². The number of rotatable bonds is 1. The number of halogens is 2. The Labute approximate surface area is 312 Å². The van der Waals surface area contributed by atoms with Gasteiger partial charge in [-0.1, -0.05) is 96.1 Å². The molecule has 3 aliphatic carbocycles. The van der Waals surface area contributed by atoms with Gasteiger partial charge in [0.25, 0.3) is 0 Å². The number of hydrogen-bond donors (Lipinski definition) is 0. The van der Waals surface area contributed by atoms with Crippen molar-refractivity contribution in [1.82, 2.24) is 0 Å². The molecule has 7 rings (SSSR count). The fourth-order valence-electron chi connectivity index (χ4n) is 6.75. The minimum atomic E-state index is 0. The Morgan fingerprint density at radius 2 is 1.32 bits per heavy atom. The number of allylic oxidation sites excluding steroid dienone is 4. The zero-order valence-electron chi connectivity index (χ0n) is 29.9. The molecule has 3 aliphatic rings. The maximum atomic E-state index is 2.51. The molecule has 0 fully saturated rings. The van der Waals surface area contributed by atoms with Crippen molar-refractivity contribution in [3.63, 3.8) is 0 Å². The van der Waals surface area contributed by atoms with Crippen molar-refractivity contribution < 1.29 is 49.0 Å². The summed E-state index contributed by atoms with van der Waals surface area (Å²) in [5, 5.41) is 0. The quantitative estimate of drug-likeness (QED) is 0.195. The van der Waals surface area contributed by atoms with Crippen LogP contribution in [0.2, 0.25) is 0 Å². The van der Waals surface area contributed by atoms with Crippen LogP contribution in [0.5, 0.6) is 0 Å². The van der Waals surface area contributed by atoms with Crippen LogP contribution in [-0.2, 0) is 46.9 Å². The Balaban J connectivity index is 0.000000248. The van der Waals surface area contributed by atoms with Gasteiger partial charge in [0.2, 0.25) is 0 Å². The number of benzene rings is 3.